The van der Waals surface area contributed by atoms with Crippen molar-refractivity contribution in [2.75, 3.05) is 17.6 Å². The highest BCUT2D eigenvalue weighted by atomic mass is 35.5. The van der Waals surface area contributed by atoms with E-state index < -0.39 is 6.09 Å². The van der Waals surface area contributed by atoms with Crippen molar-refractivity contribution in [3.05, 3.63) is 29.3 Å². The van der Waals surface area contributed by atoms with Crippen LogP contribution in [0.15, 0.2) is 23.5 Å². The fourth-order valence-corrected chi connectivity index (χ4v) is 3.62. The molecule has 2 aromatic heterocycles. The second-order valence-electron chi connectivity index (χ2n) is 7.33. The minimum atomic E-state index is -1.44. The van der Waals surface area contributed by atoms with Gasteiger partial charge in [-0.2, -0.15) is 4.99 Å². The molecule has 1 saturated carbocycles. The van der Waals surface area contributed by atoms with Crippen molar-refractivity contribution >= 4 is 35.0 Å². The van der Waals surface area contributed by atoms with Gasteiger partial charge in [-0.05, 0) is 30.7 Å². The number of pyridine rings is 1. The van der Waals surface area contributed by atoms with Crippen LogP contribution < -0.4 is 16.8 Å². The largest absolute Gasteiger partial charge is 0.463 e. The lowest BCUT2D eigenvalue weighted by Gasteiger charge is -2.27. The Kier molecular flexibility index (Phi) is 6.48. The Labute approximate surface area is 173 Å². The zero-order valence-corrected chi connectivity index (χ0v) is 16.9. The number of rotatable bonds is 5. The summed E-state index contributed by atoms with van der Waals surface area (Å²) in [7, 11) is 0. The fraction of sp³-hybridized carbons (Fsp3) is 0.421. The van der Waals surface area contributed by atoms with Gasteiger partial charge in [-0.25, -0.2) is 14.8 Å². The smallest absolute Gasteiger partial charge is 0.433 e. The minimum Gasteiger partial charge on any atom is -0.463 e. The van der Waals surface area contributed by atoms with Crippen molar-refractivity contribution in [2.45, 2.75) is 32.6 Å². The van der Waals surface area contributed by atoms with Gasteiger partial charge < -0.3 is 21.9 Å². The topological polar surface area (TPSA) is 152 Å². The molecule has 0 aromatic carbocycles. The van der Waals surface area contributed by atoms with E-state index >= 15 is 0 Å². The number of nitrogens with zero attached hydrogens (tertiary/aromatic N) is 4. The second-order valence-corrected chi connectivity index (χ2v) is 7.77. The molecule has 9 nitrogen and oxygen atoms in total. The van der Waals surface area contributed by atoms with Crippen molar-refractivity contribution in [3.63, 3.8) is 0 Å². The summed E-state index contributed by atoms with van der Waals surface area (Å²) in [4.78, 5) is 26.7. The third kappa shape index (κ3) is 5.32. The number of hydrogen-bond acceptors (Lipinski definition) is 6. The van der Waals surface area contributed by atoms with Gasteiger partial charge in [0.2, 0.25) is 0 Å². The molecule has 0 atom stereocenters. The Morgan fingerprint density at radius 2 is 2.03 bits per heavy atom. The summed E-state index contributed by atoms with van der Waals surface area (Å²) in [5.41, 5.74) is 13.5. The molecular formula is C19H24ClN7O2. The molecule has 6 N–H and O–H groups in total. The summed E-state index contributed by atoms with van der Waals surface area (Å²) >= 11 is 6.09. The number of nitrogen functional groups attached to an aromatic ring is 1. The number of aliphatic imine (C=N–C) groups is 1. The molecule has 0 saturated heterocycles. The second kappa shape index (κ2) is 9.04. The summed E-state index contributed by atoms with van der Waals surface area (Å²) in [6, 6.07) is 1.69. The van der Waals surface area contributed by atoms with Crippen LogP contribution in [0.1, 0.15) is 38.4 Å². The van der Waals surface area contributed by atoms with Gasteiger partial charge in [0.1, 0.15) is 11.4 Å². The highest BCUT2D eigenvalue weighted by molar-refractivity contribution is 6.30. The maximum Gasteiger partial charge on any atom is 0.433 e. The van der Waals surface area contributed by atoms with Crippen LogP contribution in [0, 0.1) is 11.8 Å². The fourth-order valence-electron chi connectivity index (χ4n) is 3.45. The molecule has 0 radical (unpaired) electrons. The number of anilines is 2. The van der Waals surface area contributed by atoms with Gasteiger partial charge in [0, 0.05) is 24.5 Å². The molecule has 154 valence electrons. The molecule has 1 amide bonds. The molecule has 1 aliphatic rings. The van der Waals surface area contributed by atoms with Gasteiger partial charge in [0.05, 0.1) is 5.02 Å². The molecule has 0 aliphatic heterocycles. The van der Waals surface area contributed by atoms with E-state index in [2.05, 4.69) is 32.2 Å². The van der Waals surface area contributed by atoms with E-state index in [9.17, 15) is 4.79 Å². The van der Waals surface area contributed by atoms with E-state index in [1.807, 2.05) is 0 Å². The standard InChI is InChI=1S/C19H24ClN7O2/c1-10-2-4-11(5-3-10)7-24-15-14(12-6-13(20)9-23-8-12)25-18(26-16(15)21)17(22)27-19(28)29/h6,8-11,24H,2-5,7H2,1H3,(H2,22,27)(H,28,29)(H2,21,25,26). The number of aromatic nitrogens is 3. The Balaban J connectivity index is 1.96. The van der Waals surface area contributed by atoms with Gasteiger partial charge in [0.15, 0.2) is 17.5 Å². The van der Waals surface area contributed by atoms with Crippen LogP contribution in [0.25, 0.3) is 11.3 Å². The van der Waals surface area contributed by atoms with E-state index in [1.54, 1.807) is 12.3 Å². The highest BCUT2D eigenvalue weighted by Gasteiger charge is 2.21. The van der Waals surface area contributed by atoms with E-state index in [-0.39, 0.29) is 17.5 Å². The molecular weight excluding hydrogens is 394 g/mol. The molecule has 3 rings (SSSR count). The number of amides is 1. The highest BCUT2D eigenvalue weighted by Crippen LogP contribution is 2.33. The molecule has 29 heavy (non-hydrogen) atoms. The first kappa shape index (κ1) is 20.8. The number of hydrogen-bond donors (Lipinski definition) is 4. The van der Waals surface area contributed by atoms with Gasteiger partial charge >= 0.3 is 6.09 Å². The van der Waals surface area contributed by atoms with E-state index in [0.717, 1.165) is 25.3 Å². The first-order chi connectivity index (χ1) is 13.8. The minimum absolute atomic E-state index is 0.0723. The van der Waals surface area contributed by atoms with E-state index in [4.69, 9.17) is 28.2 Å². The molecule has 10 heteroatoms. The monoisotopic (exact) mass is 417 g/mol. The van der Waals surface area contributed by atoms with Crippen LogP contribution in [0.5, 0.6) is 0 Å². The molecule has 2 aromatic rings. The lowest BCUT2D eigenvalue weighted by Crippen LogP contribution is -2.23. The van der Waals surface area contributed by atoms with E-state index in [1.165, 1.54) is 19.0 Å². The van der Waals surface area contributed by atoms with Crippen molar-refractivity contribution in [1.82, 2.24) is 15.0 Å². The van der Waals surface area contributed by atoms with Gasteiger partial charge in [-0.15, -0.1) is 0 Å². The van der Waals surface area contributed by atoms with E-state index in [0.29, 0.717) is 27.9 Å². The SMILES string of the molecule is CC1CCC(CNc2c(N)nc(/C(N)=N/C(=O)O)nc2-c2cncc(Cl)c2)CC1. The van der Waals surface area contributed by atoms with Crippen molar-refractivity contribution in [3.8, 4) is 11.3 Å². The van der Waals surface area contributed by atoms with Crippen LogP contribution in [-0.2, 0) is 0 Å². The molecule has 2 heterocycles. The summed E-state index contributed by atoms with van der Waals surface area (Å²) < 4.78 is 0. The summed E-state index contributed by atoms with van der Waals surface area (Å²) in [5.74, 6) is 1.04. The maximum atomic E-state index is 10.8. The Morgan fingerprint density at radius 3 is 2.69 bits per heavy atom. The third-order valence-corrected chi connectivity index (χ3v) is 5.27. The molecule has 1 aliphatic carbocycles. The summed E-state index contributed by atoms with van der Waals surface area (Å²) in [5, 5.41) is 12.6. The zero-order chi connectivity index (χ0) is 21.0. The van der Waals surface area contributed by atoms with Gasteiger partial charge in [-0.3, -0.25) is 4.98 Å². The van der Waals surface area contributed by atoms with Crippen LogP contribution >= 0.6 is 11.6 Å². The van der Waals surface area contributed by atoms with Crippen LogP contribution in [0.3, 0.4) is 0 Å². The molecule has 1 fully saturated rings. The average Bonchev–Trinajstić information content (AvgIpc) is 2.67. The molecule has 0 bridgehead atoms. The first-order valence-corrected chi connectivity index (χ1v) is 9.81. The Bertz CT molecular complexity index is 927. The predicted octanol–water partition coefficient (Wildman–Crippen LogP) is 3.40. The average molecular weight is 418 g/mol. The lowest BCUT2D eigenvalue weighted by atomic mass is 9.83. The van der Waals surface area contributed by atoms with Crippen LogP contribution in [0.2, 0.25) is 5.02 Å². The number of carbonyl (C=O) groups is 1. The number of carboxylic acid groups (broad SMARTS) is 1. The molecule has 0 unspecified atom stereocenters. The van der Waals surface area contributed by atoms with Crippen LogP contribution in [0.4, 0.5) is 16.3 Å². The van der Waals surface area contributed by atoms with Crippen molar-refractivity contribution < 1.29 is 9.90 Å². The van der Waals surface area contributed by atoms with Gasteiger partial charge in [-0.1, -0.05) is 31.4 Å². The predicted molar refractivity (Wildman–Crippen MR) is 113 cm³/mol. The third-order valence-electron chi connectivity index (χ3n) is 5.06. The van der Waals surface area contributed by atoms with Crippen molar-refractivity contribution in [2.24, 2.45) is 22.6 Å². The maximum absolute atomic E-state index is 10.8. The van der Waals surface area contributed by atoms with Gasteiger partial charge in [0.25, 0.3) is 0 Å². The quantitative estimate of drug-likeness (QED) is 0.426. The van der Waals surface area contributed by atoms with Crippen molar-refractivity contribution in [1.29, 1.82) is 0 Å². The lowest BCUT2D eigenvalue weighted by molar-refractivity contribution is 0.205. The summed E-state index contributed by atoms with van der Waals surface area (Å²) in [6.07, 6.45) is 6.39. The van der Waals surface area contributed by atoms with Crippen LogP contribution in [-0.4, -0.2) is 38.5 Å². The number of halogens is 1. The number of nitrogens with one attached hydrogen (secondary N) is 1. The summed E-state index contributed by atoms with van der Waals surface area (Å²) in [6.45, 7) is 3.01. The normalized spacial score (nSPS) is 19.7. The zero-order valence-electron chi connectivity index (χ0n) is 16.1. The Morgan fingerprint density at radius 1 is 1.31 bits per heavy atom. The number of nitrogens with two attached hydrogens (primary N) is 2. The number of amidine groups is 1. The first-order valence-electron chi connectivity index (χ1n) is 9.43. The molecule has 0 spiro atoms. The Hall–Kier alpha value is -2.94.